The molecule has 4 nitrogen and oxygen atoms in total. The highest BCUT2D eigenvalue weighted by molar-refractivity contribution is 6.31. The van der Waals surface area contributed by atoms with Gasteiger partial charge in [0, 0.05) is 24.2 Å². The predicted octanol–water partition coefficient (Wildman–Crippen LogP) is 2.69. The fourth-order valence-corrected chi connectivity index (χ4v) is 2.47. The Kier molecular flexibility index (Phi) is 4.89. The zero-order valence-electron chi connectivity index (χ0n) is 11.9. The molecule has 0 aromatic heterocycles. The SMILES string of the molecule is CC(C)Oc1ccc(Cl)cc1C(=O)N1CCC(N)CC1. The van der Waals surface area contributed by atoms with E-state index >= 15 is 0 Å². The summed E-state index contributed by atoms with van der Waals surface area (Å²) < 4.78 is 5.70. The van der Waals surface area contributed by atoms with Gasteiger partial charge in [-0.15, -0.1) is 0 Å². The highest BCUT2D eigenvalue weighted by Crippen LogP contribution is 2.26. The van der Waals surface area contributed by atoms with Crippen LogP contribution in [0.1, 0.15) is 37.0 Å². The number of rotatable bonds is 3. The fraction of sp³-hybridized carbons (Fsp3) is 0.533. The molecule has 20 heavy (non-hydrogen) atoms. The average Bonchev–Trinajstić information content (AvgIpc) is 2.40. The summed E-state index contributed by atoms with van der Waals surface area (Å²) in [5.41, 5.74) is 6.40. The molecule has 1 amide bonds. The molecule has 1 aromatic carbocycles. The van der Waals surface area contributed by atoms with Crippen molar-refractivity contribution in [3.05, 3.63) is 28.8 Å². The van der Waals surface area contributed by atoms with E-state index < -0.39 is 0 Å². The summed E-state index contributed by atoms with van der Waals surface area (Å²) in [5, 5.41) is 0.540. The van der Waals surface area contributed by atoms with Crippen molar-refractivity contribution in [3.63, 3.8) is 0 Å². The molecule has 0 radical (unpaired) electrons. The van der Waals surface area contributed by atoms with Gasteiger partial charge in [-0.3, -0.25) is 4.79 Å². The van der Waals surface area contributed by atoms with Crippen molar-refractivity contribution in [1.29, 1.82) is 0 Å². The predicted molar refractivity (Wildman–Crippen MR) is 80.3 cm³/mol. The van der Waals surface area contributed by atoms with Crippen LogP contribution in [0.2, 0.25) is 5.02 Å². The number of hydrogen-bond donors (Lipinski definition) is 1. The first-order valence-corrected chi connectivity index (χ1v) is 7.36. The quantitative estimate of drug-likeness (QED) is 0.933. The van der Waals surface area contributed by atoms with Gasteiger partial charge in [-0.1, -0.05) is 11.6 Å². The van der Waals surface area contributed by atoms with Crippen molar-refractivity contribution in [2.75, 3.05) is 13.1 Å². The maximum Gasteiger partial charge on any atom is 0.257 e. The summed E-state index contributed by atoms with van der Waals surface area (Å²) in [6, 6.07) is 5.37. The van der Waals surface area contributed by atoms with Crippen molar-refractivity contribution < 1.29 is 9.53 Å². The van der Waals surface area contributed by atoms with Gasteiger partial charge in [0.1, 0.15) is 5.75 Å². The van der Waals surface area contributed by atoms with Crippen molar-refractivity contribution in [2.45, 2.75) is 38.8 Å². The molecule has 1 aromatic rings. The number of carbonyl (C=O) groups excluding carboxylic acids is 1. The molecule has 0 bridgehead atoms. The summed E-state index contributed by atoms with van der Waals surface area (Å²) in [7, 11) is 0. The molecule has 1 heterocycles. The molecule has 110 valence electrons. The zero-order valence-corrected chi connectivity index (χ0v) is 12.7. The van der Waals surface area contributed by atoms with Crippen LogP contribution in [0, 0.1) is 0 Å². The Labute approximate surface area is 124 Å². The molecule has 1 saturated heterocycles. The van der Waals surface area contributed by atoms with E-state index in [2.05, 4.69) is 0 Å². The van der Waals surface area contributed by atoms with Gasteiger partial charge in [0.15, 0.2) is 0 Å². The van der Waals surface area contributed by atoms with Gasteiger partial charge < -0.3 is 15.4 Å². The summed E-state index contributed by atoms with van der Waals surface area (Å²) in [5.74, 6) is 0.555. The molecule has 1 fully saturated rings. The summed E-state index contributed by atoms with van der Waals surface area (Å²) in [6.07, 6.45) is 1.69. The second-order valence-electron chi connectivity index (χ2n) is 5.44. The first-order chi connectivity index (χ1) is 9.47. The van der Waals surface area contributed by atoms with E-state index in [0.717, 1.165) is 12.8 Å². The Bertz CT molecular complexity index is 483. The minimum absolute atomic E-state index is 0.0116. The molecule has 0 unspecified atom stereocenters. The van der Waals surface area contributed by atoms with E-state index in [1.165, 1.54) is 0 Å². The van der Waals surface area contributed by atoms with Crippen LogP contribution >= 0.6 is 11.6 Å². The maximum atomic E-state index is 12.6. The lowest BCUT2D eigenvalue weighted by atomic mass is 10.0. The Balaban J connectivity index is 2.21. The molecule has 0 saturated carbocycles. The van der Waals surface area contributed by atoms with Crippen LogP contribution in [0.15, 0.2) is 18.2 Å². The van der Waals surface area contributed by atoms with Crippen molar-refractivity contribution in [2.24, 2.45) is 5.73 Å². The number of amides is 1. The molecule has 0 atom stereocenters. The molecular formula is C15H21ClN2O2. The van der Waals surface area contributed by atoms with E-state index in [4.69, 9.17) is 22.1 Å². The summed E-state index contributed by atoms with van der Waals surface area (Å²) >= 11 is 6.01. The summed E-state index contributed by atoms with van der Waals surface area (Å²) in [4.78, 5) is 14.4. The number of ether oxygens (including phenoxy) is 1. The second-order valence-corrected chi connectivity index (χ2v) is 5.87. The lowest BCUT2D eigenvalue weighted by molar-refractivity contribution is 0.0708. The van der Waals surface area contributed by atoms with E-state index in [-0.39, 0.29) is 18.1 Å². The number of hydrogen-bond acceptors (Lipinski definition) is 3. The van der Waals surface area contributed by atoms with Gasteiger partial charge in [0.05, 0.1) is 11.7 Å². The Morgan fingerprint density at radius 2 is 2.05 bits per heavy atom. The van der Waals surface area contributed by atoms with Gasteiger partial charge in [-0.05, 0) is 44.9 Å². The largest absolute Gasteiger partial charge is 0.490 e. The number of nitrogens with zero attached hydrogens (tertiary/aromatic N) is 1. The first-order valence-electron chi connectivity index (χ1n) is 6.98. The highest BCUT2D eigenvalue weighted by atomic mass is 35.5. The normalized spacial score (nSPS) is 16.6. The number of piperidine rings is 1. The molecule has 0 aliphatic carbocycles. The van der Waals surface area contributed by atoms with Crippen molar-refractivity contribution >= 4 is 17.5 Å². The number of halogens is 1. The Hall–Kier alpha value is -1.26. The number of carbonyl (C=O) groups is 1. The third-order valence-corrected chi connectivity index (χ3v) is 3.60. The number of benzene rings is 1. The molecular weight excluding hydrogens is 276 g/mol. The molecule has 2 rings (SSSR count). The fourth-order valence-electron chi connectivity index (χ4n) is 2.30. The van der Waals surface area contributed by atoms with Crippen LogP contribution in [0.5, 0.6) is 5.75 Å². The van der Waals surface area contributed by atoms with Gasteiger partial charge in [0.25, 0.3) is 5.91 Å². The van der Waals surface area contributed by atoms with Gasteiger partial charge in [-0.2, -0.15) is 0 Å². The lowest BCUT2D eigenvalue weighted by Crippen LogP contribution is -2.43. The average molecular weight is 297 g/mol. The lowest BCUT2D eigenvalue weighted by Gasteiger charge is -2.30. The molecule has 1 aliphatic rings. The Morgan fingerprint density at radius 1 is 1.40 bits per heavy atom. The van der Waals surface area contributed by atoms with Crippen LogP contribution < -0.4 is 10.5 Å². The molecule has 5 heteroatoms. The standard InChI is InChI=1S/C15H21ClN2O2/c1-10(2)20-14-4-3-11(16)9-13(14)15(19)18-7-5-12(17)6-8-18/h3-4,9-10,12H,5-8,17H2,1-2H3. The molecule has 0 spiro atoms. The van der Waals surface area contributed by atoms with E-state index in [1.807, 2.05) is 18.7 Å². The van der Waals surface area contributed by atoms with Gasteiger partial charge in [0.2, 0.25) is 0 Å². The number of likely N-dealkylation sites (tertiary alicyclic amines) is 1. The zero-order chi connectivity index (χ0) is 14.7. The third-order valence-electron chi connectivity index (χ3n) is 3.36. The summed E-state index contributed by atoms with van der Waals surface area (Å²) in [6.45, 7) is 5.24. The second kappa shape index (κ2) is 6.46. The van der Waals surface area contributed by atoms with E-state index in [1.54, 1.807) is 18.2 Å². The van der Waals surface area contributed by atoms with E-state index in [0.29, 0.717) is 29.4 Å². The van der Waals surface area contributed by atoms with E-state index in [9.17, 15) is 4.79 Å². The smallest absolute Gasteiger partial charge is 0.257 e. The van der Waals surface area contributed by atoms with Crippen LogP contribution in [-0.2, 0) is 0 Å². The minimum atomic E-state index is -0.0324. The number of nitrogens with two attached hydrogens (primary N) is 1. The minimum Gasteiger partial charge on any atom is -0.490 e. The Morgan fingerprint density at radius 3 is 2.65 bits per heavy atom. The van der Waals surface area contributed by atoms with Crippen molar-refractivity contribution in [1.82, 2.24) is 4.90 Å². The molecule has 2 N–H and O–H groups in total. The van der Waals surface area contributed by atoms with Gasteiger partial charge >= 0.3 is 0 Å². The molecule has 1 aliphatic heterocycles. The third kappa shape index (κ3) is 3.64. The van der Waals surface area contributed by atoms with Crippen LogP contribution in [0.3, 0.4) is 0 Å². The van der Waals surface area contributed by atoms with Crippen LogP contribution in [0.25, 0.3) is 0 Å². The maximum absolute atomic E-state index is 12.6. The highest BCUT2D eigenvalue weighted by Gasteiger charge is 2.24. The van der Waals surface area contributed by atoms with Crippen LogP contribution in [-0.4, -0.2) is 36.0 Å². The first kappa shape index (κ1) is 15.1. The van der Waals surface area contributed by atoms with Crippen LogP contribution in [0.4, 0.5) is 0 Å². The van der Waals surface area contributed by atoms with Gasteiger partial charge in [-0.25, -0.2) is 0 Å². The van der Waals surface area contributed by atoms with Crippen molar-refractivity contribution in [3.8, 4) is 5.75 Å². The monoisotopic (exact) mass is 296 g/mol. The topological polar surface area (TPSA) is 55.6 Å².